The lowest BCUT2D eigenvalue weighted by Crippen LogP contribution is -2.53. The standard InChI is InChI=1S/C20H25N5O/c26-20(18-13-17(22-23-18)15-5-6-15)25-11-9-24(10-12-25)19-8-7-14-3-1-2-4-16(14)21-19/h1-4,7-8,15,17-18,22-23H,5-6,9-13H2. The first-order chi connectivity index (χ1) is 12.8. The number of hydrogen-bond acceptors (Lipinski definition) is 5. The second-order valence-corrected chi connectivity index (χ2v) is 7.70. The number of fused-ring (bicyclic) bond motifs is 1. The molecule has 6 heteroatoms. The van der Waals surface area contributed by atoms with Crippen molar-refractivity contribution < 1.29 is 4.79 Å². The van der Waals surface area contributed by atoms with Crippen molar-refractivity contribution in [2.45, 2.75) is 31.3 Å². The zero-order chi connectivity index (χ0) is 17.5. The highest BCUT2D eigenvalue weighted by Gasteiger charge is 2.40. The summed E-state index contributed by atoms with van der Waals surface area (Å²) in [5.41, 5.74) is 7.57. The number of anilines is 1. The van der Waals surface area contributed by atoms with Crippen LogP contribution in [0.5, 0.6) is 0 Å². The van der Waals surface area contributed by atoms with Gasteiger partial charge in [0, 0.05) is 37.6 Å². The molecule has 2 atom stereocenters. The summed E-state index contributed by atoms with van der Waals surface area (Å²) < 4.78 is 0. The van der Waals surface area contributed by atoms with Gasteiger partial charge >= 0.3 is 0 Å². The monoisotopic (exact) mass is 351 g/mol. The first-order valence-electron chi connectivity index (χ1n) is 9.68. The fourth-order valence-electron chi connectivity index (χ4n) is 4.16. The Morgan fingerprint density at radius 1 is 1.00 bits per heavy atom. The quantitative estimate of drug-likeness (QED) is 0.878. The molecule has 3 fully saturated rings. The van der Waals surface area contributed by atoms with Gasteiger partial charge in [-0.25, -0.2) is 10.4 Å². The predicted octanol–water partition coefficient (Wildman–Crippen LogP) is 1.53. The maximum atomic E-state index is 12.8. The Bertz CT molecular complexity index is 813. The Balaban J connectivity index is 1.20. The van der Waals surface area contributed by atoms with Gasteiger partial charge in [-0.15, -0.1) is 0 Å². The van der Waals surface area contributed by atoms with E-state index in [1.807, 2.05) is 23.1 Å². The van der Waals surface area contributed by atoms with Crippen LogP contribution in [0.2, 0.25) is 0 Å². The smallest absolute Gasteiger partial charge is 0.241 e. The highest BCUT2D eigenvalue weighted by molar-refractivity contribution is 5.83. The van der Waals surface area contributed by atoms with Crippen molar-refractivity contribution in [3.05, 3.63) is 36.4 Å². The topological polar surface area (TPSA) is 60.5 Å². The van der Waals surface area contributed by atoms with Crippen molar-refractivity contribution in [2.75, 3.05) is 31.1 Å². The zero-order valence-electron chi connectivity index (χ0n) is 14.9. The van der Waals surface area contributed by atoms with E-state index < -0.39 is 0 Å². The van der Waals surface area contributed by atoms with E-state index in [1.54, 1.807) is 0 Å². The number of hydrazine groups is 1. The highest BCUT2D eigenvalue weighted by atomic mass is 16.2. The molecule has 0 radical (unpaired) electrons. The molecule has 0 spiro atoms. The van der Waals surface area contributed by atoms with E-state index in [9.17, 15) is 4.79 Å². The number of amides is 1. The molecule has 26 heavy (non-hydrogen) atoms. The number of piperazine rings is 1. The van der Waals surface area contributed by atoms with Crippen molar-refractivity contribution in [1.29, 1.82) is 0 Å². The summed E-state index contributed by atoms with van der Waals surface area (Å²) in [6.45, 7) is 3.20. The lowest BCUT2D eigenvalue weighted by Gasteiger charge is -2.36. The number of hydrogen-bond donors (Lipinski definition) is 2. The number of pyridine rings is 1. The molecular weight excluding hydrogens is 326 g/mol. The Morgan fingerprint density at radius 2 is 1.81 bits per heavy atom. The molecule has 0 bridgehead atoms. The number of benzene rings is 1. The molecule has 1 amide bonds. The van der Waals surface area contributed by atoms with Crippen molar-refractivity contribution in [3.63, 3.8) is 0 Å². The van der Waals surface area contributed by atoms with Crippen LogP contribution in [0.4, 0.5) is 5.82 Å². The summed E-state index contributed by atoms with van der Waals surface area (Å²) in [4.78, 5) is 21.9. The van der Waals surface area contributed by atoms with Gasteiger partial charge in [0.15, 0.2) is 0 Å². The van der Waals surface area contributed by atoms with Crippen molar-refractivity contribution in [2.24, 2.45) is 5.92 Å². The molecule has 2 saturated heterocycles. The van der Waals surface area contributed by atoms with Gasteiger partial charge in [-0.1, -0.05) is 18.2 Å². The molecule has 1 aromatic heterocycles. The average molecular weight is 351 g/mol. The molecule has 3 heterocycles. The first-order valence-corrected chi connectivity index (χ1v) is 9.68. The van der Waals surface area contributed by atoms with E-state index in [0.717, 1.165) is 55.2 Å². The van der Waals surface area contributed by atoms with Crippen LogP contribution in [0, 0.1) is 5.92 Å². The summed E-state index contributed by atoms with van der Waals surface area (Å²) in [7, 11) is 0. The lowest BCUT2D eigenvalue weighted by atomic mass is 10.1. The van der Waals surface area contributed by atoms with Gasteiger partial charge in [0.05, 0.1) is 5.52 Å². The molecular formula is C20H25N5O. The van der Waals surface area contributed by atoms with Gasteiger partial charge in [0.1, 0.15) is 11.9 Å². The molecule has 5 rings (SSSR count). The Hall–Kier alpha value is -2.18. The zero-order valence-corrected chi connectivity index (χ0v) is 14.9. The normalized spacial score (nSPS) is 26.5. The number of nitrogens with one attached hydrogen (secondary N) is 2. The fourth-order valence-corrected chi connectivity index (χ4v) is 4.16. The van der Waals surface area contributed by atoms with Crippen molar-refractivity contribution >= 4 is 22.6 Å². The Morgan fingerprint density at radius 3 is 2.62 bits per heavy atom. The molecule has 1 aliphatic carbocycles. The molecule has 3 aliphatic rings. The van der Waals surface area contributed by atoms with Crippen LogP contribution in [-0.2, 0) is 4.79 Å². The van der Waals surface area contributed by atoms with E-state index in [0.29, 0.717) is 6.04 Å². The summed E-state index contributed by atoms with van der Waals surface area (Å²) in [5, 5.41) is 1.16. The van der Waals surface area contributed by atoms with Crippen LogP contribution in [0.3, 0.4) is 0 Å². The minimum absolute atomic E-state index is 0.0639. The lowest BCUT2D eigenvalue weighted by molar-refractivity contribution is -0.133. The average Bonchev–Trinajstić information content (AvgIpc) is 3.44. The molecule has 2 unspecified atom stereocenters. The van der Waals surface area contributed by atoms with Gasteiger partial charge in [0.2, 0.25) is 5.91 Å². The number of carbonyl (C=O) groups is 1. The van der Waals surface area contributed by atoms with Crippen LogP contribution in [0.1, 0.15) is 19.3 Å². The SMILES string of the molecule is O=C(C1CC(C2CC2)NN1)N1CCN(c2ccc3ccccc3n2)CC1. The third-order valence-electron chi connectivity index (χ3n) is 5.92. The van der Waals surface area contributed by atoms with E-state index in [-0.39, 0.29) is 11.9 Å². The third kappa shape index (κ3) is 3.04. The molecule has 136 valence electrons. The van der Waals surface area contributed by atoms with Crippen molar-refractivity contribution in [3.8, 4) is 0 Å². The van der Waals surface area contributed by atoms with E-state index in [4.69, 9.17) is 4.98 Å². The Labute approximate surface area is 153 Å². The van der Waals surface area contributed by atoms with E-state index >= 15 is 0 Å². The molecule has 2 N–H and O–H groups in total. The molecule has 2 aliphatic heterocycles. The summed E-state index contributed by atoms with van der Waals surface area (Å²) in [6.07, 6.45) is 3.53. The summed E-state index contributed by atoms with van der Waals surface area (Å²) >= 11 is 0. The highest BCUT2D eigenvalue weighted by Crippen LogP contribution is 2.35. The van der Waals surface area contributed by atoms with E-state index in [2.05, 4.69) is 34.0 Å². The number of nitrogens with zero attached hydrogens (tertiary/aromatic N) is 3. The van der Waals surface area contributed by atoms with Crippen LogP contribution in [-0.4, -0.2) is 54.1 Å². The van der Waals surface area contributed by atoms with Crippen LogP contribution in [0.15, 0.2) is 36.4 Å². The number of aromatic nitrogens is 1. The predicted molar refractivity (Wildman–Crippen MR) is 102 cm³/mol. The largest absolute Gasteiger partial charge is 0.353 e. The number of para-hydroxylation sites is 1. The molecule has 1 saturated carbocycles. The Kier molecular flexibility index (Phi) is 4.02. The van der Waals surface area contributed by atoms with Crippen LogP contribution >= 0.6 is 0 Å². The molecule has 6 nitrogen and oxygen atoms in total. The molecule has 1 aromatic carbocycles. The maximum absolute atomic E-state index is 12.8. The number of carbonyl (C=O) groups excluding carboxylic acids is 1. The van der Waals surface area contributed by atoms with Crippen LogP contribution in [0.25, 0.3) is 10.9 Å². The second kappa shape index (κ2) is 6.52. The summed E-state index contributed by atoms with van der Waals surface area (Å²) in [5.74, 6) is 2.02. The maximum Gasteiger partial charge on any atom is 0.241 e. The second-order valence-electron chi connectivity index (χ2n) is 7.70. The van der Waals surface area contributed by atoms with Gasteiger partial charge in [0.25, 0.3) is 0 Å². The minimum atomic E-state index is -0.0639. The minimum Gasteiger partial charge on any atom is -0.353 e. The van der Waals surface area contributed by atoms with Gasteiger partial charge in [-0.05, 0) is 43.4 Å². The fraction of sp³-hybridized carbons (Fsp3) is 0.500. The first kappa shape index (κ1) is 16.0. The number of rotatable bonds is 3. The summed E-state index contributed by atoms with van der Waals surface area (Å²) in [6, 6.07) is 12.8. The third-order valence-corrected chi connectivity index (χ3v) is 5.92. The van der Waals surface area contributed by atoms with Crippen molar-refractivity contribution in [1.82, 2.24) is 20.7 Å². The van der Waals surface area contributed by atoms with Gasteiger partial charge in [-0.2, -0.15) is 0 Å². The van der Waals surface area contributed by atoms with Gasteiger partial charge < -0.3 is 9.80 Å². The van der Waals surface area contributed by atoms with E-state index in [1.165, 1.54) is 12.8 Å². The molecule has 2 aromatic rings. The van der Waals surface area contributed by atoms with Gasteiger partial charge in [-0.3, -0.25) is 10.2 Å². The van der Waals surface area contributed by atoms with Crippen LogP contribution < -0.4 is 15.8 Å².